The molecule has 158 valence electrons. The summed E-state index contributed by atoms with van der Waals surface area (Å²) >= 11 is 6.22. The molecule has 1 aliphatic heterocycles. The summed E-state index contributed by atoms with van der Waals surface area (Å²) in [6.45, 7) is 2.96. The van der Waals surface area contributed by atoms with Gasteiger partial charge in [0, 0.05) is 36.8 Å². The fourth-order valence-electron chi connectivity index (χ4n) is 3.04. The summed E-state index contributed by atoms with van der Waals surface area (Å²) in [7, 11) is 0. The van der Waals surface area contributed by atoms with Gasteiger partial charge in [-0.3, -0.25) is 15.0 Å². The van der Waals surface area contributed by atoms with Crippen molar-refractivity contribution in [1.82, 2.24) is 20.3 Å². The van der Waals surface area contributed by atoms with E-state index < -0.39 is 5.91 Å². The number of hydrogen-bond donors (Lipinski definition) is 3. The minimum atomic E-state index is -0.609. The molecule has 1 aromatic heterocycles. The van der Waals surface area contributed by atoms with E-state index in [0.29, 0.717) is 17.6 Å². The third kappa shape index (κ3) is 7.79. The van der Waals surface area contributed by atoms with Crippen molar-refractivity contribution in [1.29, 1.82) is 0 Å². The van der Waals surface area contributed by atoms with E-state index in [-0.39, 0.29) is 24.8 Å². The molecule has 1 amide bonds. The Labute approximate surface area is 187 Å². The second-order valence-corrected chi connectivity index (χ2v) is 6.82. The van der Waals surface area contributed by atoms with Gasteiger partial charge in [0.05, 0.1) is 18.1 Å². The minimum absolute atomic E-state index is 0. The summed E-state index contributed by atoms with van der Waals surface area (Å²) in [5.74, 6) is 0.0959. The molecule has 0 spiro atoms. The van der Waals surface area contributed by atoms with Gasteiger partial charge in [-0.1, -0.05) is 29.8 Å². The highest BCUT2D eigenvalue weighted by Gasteiger charge is 2.22. The molecule has 1 atom stereocenters. The van der Waals surface area contributed by atoms with Crippen LogP contribution in [-0.4, -0.2) is 51.7 Å². The maximum Gasteiger partial charge on any atom is 0.267 e. The van der Waals surface area contributed by atoms with Gasteiger partial charge in [-0.25, -0.2) is 10.5 Å². The van der Waals surface area contributed by atoms with Crippen molar-refractivity contribution >= 4 is 54.2 Å². The van der Waals surface area contributed by atoms with E-state index in [1.807, 2.05) is 18.2 Å². The van der Waals surface area contributed by atoms with Gasteiger partial charge in [0.15, 0.2) is 0 Å². The lowest BCUT2D eigenvalue weighted by Crippen LogP contribution is -2.28. The largest absolute Gasteiger partial charge is 0.365 e. The Morgan fingerprint density at radius 2 is 2.07 bits per heavy atom. The van der Waals surface area contributed by atoms with Gasteiger partial charge in [-0.15, -0.1) is 24.8 Å². The Morgan fingerprint density at radius 3 is 2.76 bits per heavy atom. The Kier molecular flexibility index (Phi) is 10.9. The molecule has 0 unspecified atom stereocenters. The first-order valence-electron chi connectivity index (χ1n) is 8.80. The van der Waals surface area contributed by atoms with Crippen LogP contribution in [0.5, 0.6) is 0 Å². The molecule has 0 aliphatic carbocycles. The third-order valence-corrected chi connectivity index (χ3v) is 4.84. The Bertz CT molecular complexity index is 805. The second-order valence-electron chi connectivity index (χ2n) is 6.41. The van der Waals surface area contributed by atoms with Crippen molar-refractivity contribution in [3.8, 4) is 0 Å². The highest BCUT2D eigenvalue weighted by atomic mass is 35.5. The lowest BCUT2D eigenvalue weighted by atomic mass is 10.1. The SMILES string of the molecule is Cl.Cl.O=C(C=Cc1cnc(N[C@@H]2CCN(CCc3ccccc3Cl)C2)cn1)NO. The Balaban J connectivity index is 0.00000210. The number of likely N-dealkylation sites (tertiary alicyclic amines) is 1. The van der Waals surface area contributed by atoms with Gasteiger partial charge >= 0.3 is 0 Å². The molecule has 29 heavy (non-hydrogen) atoms. The van der Waals surface area contributed by atoms with E-state index in [0.717, 1.165) is 37.5 Å². The highest BCUT2D eigenvalue weighted by Crippen LogP contribution is 2.18. The van der Waals surface area contributed by atoms with Gasteiger partial charge in [0.25, 0.3) is 5.91 Å². The molecule has 2 aromatic rings. The molecule has 0 bridgehead atoms. The number of nitrogens with zero attached hydrogens (tertiary/aromatic N) is 3. The first kappa shape index (κ1) is 25.1. The lowest BCUT2D eigenvalue weighted by Gasteiger charge is -2.17. The molecular weight excluding hydrogens is 437 g/mol. The summed E-state index contributed by atoms with van der Waals surface area (Å²) in [6, 6.07) is 8.30. The number of hydroxylamine groups is 1. The fraction of sp³-hybridized carbons (Fsp3) is 0.316. The van der Waals surface area contributed by atoms with Crippen LogP contribution in [0.1, 0.15) is 17.7 Å². The average Bonchev–Trinajstić information content (AvgIpc) is 3.14. The number of aromatic nitrogens is 2. The van der Waals surface area contributed by atoms with Crippen molar-refractivity contribution in [2.24, 2.45) is 0 Å². The smallest absolute Gasteiger partial charge is 0.267 e. The monoisotopic (exact) mass is 459 g/mol. The zero-order valence-electron chi connectivity index (χ0n) is 15.6. The Hall–Kier alpha value is -1.90. The zero-order chi connectivity index (χ0) is 19.1. The van der Waals surface area contributed by atoms with Crippen LogP contribution in [0.25, 0.3) is 6.08 Å². The van der Waals surface area contributed by atoms with Crippen LogP contribution in [0.4, 0.5) is 5.82 Å². The molecular formula is C19H24Cl3N5O2. The first-order chi connectivity index (χ1) is 13.1. The lowest BCUT2D eigenvalue weighted by molar-refractivity contribution is -0.124. The van der Waals surface area contributed by atoms with Crippen molar-refractivity contribution in [2.45, 2.75) is 18.9 Å². The molecule has 1 fully saturated rings. The zero-order valence-corrected chi connectivity index (χ0v) is 18.0. The maximum atomic E-state index is 11.0. The number of rotatable bonds is 7. The Morgan fingerprint density at radius 1 is 1.28 bits per heavy atom. The summed E-state index contributed by atoms with van der Waals surface area (Å²) < 4.78 is 0. The summed E-state index contributed by atoms with van der Waals surface area (Å²) in [5, 5.41) is 12.7. The molecule has 1 aromatic carbocycles. The van der Waals surface area contributed by atoms with Crippen LogP contribution in [0, 0.1) is 0 Å². The number of carbonyl (C=O) groups excluding carboxylic acids is 1. The van der Waals surface area contributed by atoms with Crippen molar-refractivity contribution in [3.63, 3.8) is 0 Å². The van der Waals surface area contributed by atoms with Crippen LogP contribution >= 0.6 is 36.4 Å². The standard InChI is InChI=1S/C19H22ClN5O2.2ClH/c20-17-4-2-1-3-14(17)7-9-25-10-8-16(13-25)23-18-12-21-15(11-22-18)5-6-19(26)24-27;;/h1-6,11-12,16,27H,7-10,13H2,(H,22,23)(H,24,26);2*1H/t16-;;/m1../s1. The molecule has 0 radical (unpaired) electrons. The number of carbonyl (C=O) groups is 1. The normalized spacial score (nSPS) is 16.1. The molecule has 2 heterocycles. The van der Waals surface area contributed by atoms with E-state index in [4.69, 9.17) is 16.8 Å². The van der Waals surface area contributed by atoms with Gasteiger partial charge < -0.3 is 10.2 Å². The number of benzene rings is 1. The molecule has 3 rings (SSSR count). The van der Waals surface area contributed by atoms with Crippen LogP contribution in [0.15, 0.2) is 42.7 Å². The average molecular weight is 461 g/mol. The van der Waals surface area contributed by atoms with Crippen LogP contribution < -0.4 is 10.8 Å². The van der Waals surface area contributed by atoms with Crippen molar-refractivity contribution < 1.29 is 10.0 Å². The van der Waals surface area contributed by atoms with Crippen molar-refractivity contribution in [3.05, 3.63) is 59.0 Å². The van der Waals surface area contributed by atoms with Crippen LogP contribution in [-0.2, 0) is 11.2 Å². The number of amides is 1. The number of halogens is 3. The third-order valence-electron chi connectivity index (χ3n) is 4.47. The van der Waals surface area contributed by atoms with Crippen LogP contribution in [0.2, 0.25) is 5.02 Å². The topological polar surface area (TPSA) is 90.4 Å². The van der Waals surface area contributed by atoms with Gasteiger partial charge in [0.1, 0.15) is 5.82 Å². The fourth-order valence-corrected chi connectivity index (χ4v) is 3.27. The first-order valence-corrected chi connectivity index (χ1v) is 9.18. The van der Waals surface area contributed by atoms with Crippen LogP contribution in [0.3, 0.4) is 0 Å². The molecule has 10 heteroatoms. The molecule has 3 N–H and O–H groups in total. The number of anilines is 1. The van der Waals surface area contributed by atoms with Gasteiger partial charge in [0.2, 0.25) is 0 Å². The predicted molar refractivity (Wildman–Crippen MR) is 119 cm³/mol. The van der Waals surface area contributed by atoms with E-state index in [9.17, 15) is 4.79 Å². The van der Waals surface area contributed by atoms with E-state index >= 15 is 0 Å². The minimum Gasteiger partial charge on any atom is -0.365 e. The maximum absolute atomic E-state index is 11.0. The van der Waals surface area contributed by atoms with E-state index in [1.54, 1.807) is 12.4 Å². The quantitative estimate of drug-likeness (QED) is 0.334. The van der Waals surface area contributed by atoms with Crippen molar-refractivity contribution in [2.75, 3.05) is 25.0 Å². The summed E-state index contributed by atoms with van der Waals surface area (Å²) in [5.41, 5.74) is 3.24. The van der Waals surface area contributed by atoms with E-state index in [1.165, 1.54) is 23.2 Å². The van der Waals surface area contributed by atoms with E-state index in [2.05, 4.69) is 26.3 Å². The van der Waals surface area contributed by atoms with Gasteiger partial charge in [-0.05, 0) is 30.5 Å². The summed E-state index contributed by atoms with van der Waals surface area (Å²) in [6.07, 6.45) is 7.87. The van der Waals surface area contributed by atoms with Gasteiger partial charge in [-0.2, -0.15) is 0 Å². The number of nitrogens with one attached hydrogen (secondary N) is 2. The molecule has 1 aliphatic rings. The summed E-state index contributed by atoms with van der Waals surface area (Å²) in [4.78, 5) is 21.9. The molecule has 0 saturated carbocycles. The molecule has 7 nitrogen and oxygen atoms in total. The predicted octanol–water partition coefficient (Wildman–Crippen LogP) is 3.22. The molecule has 1 saturated heterocycles. The second kappa shape index (κ2) is 12.6. The highest BCUT2D eigenvalue weighted by molar-refractivity contribution is 6.31. The number of hydrogen-bond acceptors (Lipinski definition) is 6.